The molecule has 1 aromatic heterocycles. The minimum atomic E-state index is -0.0660. The van der Waals surface area contributed by atoms with Gasteiger partial charge in [-0.1, -0.05) is 23.7 Å². The molecule has 0 saturated carbocycles. The number of carbonyl (C=O) groups is 1. The predicted molar refractivity (Wildman–Crippen MR) is 56.8 cm³/mol. The van der Waals surface area contributed by atoms with Crippen molar-refractivity contribution in [3.05, 3.63) is 41.2 Å². The number of hydrogen-bond donors (Lipinski definition) is 0. The number of benzene rings is 1. The van der Waals surface area contributed by atoms with Gasteiger partial charge < -0.3 is 0 Å². The van der Waals surface area contributed by atoms with Crippen LogP contribution in [-0.4, -0.2) is 10.8 Å². The van der Waals surface area contributed by atoms with Crippen molar-refractivity contribution in [3.8, 4) is 0 Å². The van der Waals surface area contributed by atoms with Gasteiger partial charge in [0, 0.05) is 18.5 Å². The van der Waals surface area contributed by atoms with Crippen molar-refractivity contribution in [1.29, 1.82) is 0 Å². The Kier molecular flexibility index (Phi) is 2.22. The van der Waals surface area contributed by atoms with Crippen LogP contribution >= 0.6 is 11.6 Å². The largest absolute Gasteiger partial charge is 0.293 e. The normalized spacial score (nSPS) is 10.4. The SMILES string of the molecule is CC(=O)c1nccc2cccc(Cl)c12. The summed E-state index contributed by atoms with van der Waals surface area (Å²) in [5.74, 6) is -0.0660. The average molecular weight is 206 g/mol. The summed E-state index contributed by atoms with van der Waals surface area (Å²) in [4.78, 5) is 15.3. The second-order valence-corrected chi connectivity index (χ2v) is 3.46. The van der Waals surface area contributed by atoms with Gasteiger partial charge in [-0.15, -0.1) is 0 Å². The quantitative estimate of drug-likeness (QED) is 0.670. The molecular weight excluding hydrogens is 198 g/mol. The number of fused-ring (bicyclic) bond motifs is 1. The van der Waals surface area contributed by atoms with E-state index in [0.717, 1.165) is 10.8 Å². The van der Waals surface area contributed by atoms with E-state index in [1.807, 2.05) is 18.2 Å². The molecule has 0 aliphatic heterocycles. The van der Waals surface area contributed by atoms with Crippen molar-refractivity contribution in [3.63, 3.8) is 0 Å². The summed E-state index contributed by atoms with van der Waals surface area (Å²) in [6.45, 7) is 1.49. The molecule has 1 heterocycles. The van der Waals surface area contributed by atoms with E-state index in [4.69, 9.17) is 11.6 Å². The van der Waals surface area contributed by atoms with Crippen LogP contribution in [-0.2, 0) is 0 Å². The highest BCUT2D eigenvalue weighted by Gasteiger charge is 2.09. The molecule has 0 spiro atoms. The molecule has 0 bridgehead atoms. The van der Waals surface area contributed by atoms with Crippen LogP contribution in [0.1, 0.15) is 17.4 Å². The molecule has 0 aliphatic carbocycles. The van der Waals surface area contributed by atoms with Gasteiger partial charge in [-0.3, -0.25) is 9.78 Å². The van der Waals surface area contributed by atoms with Crippen LogP contribution in [0.25, 0.3) is 10.8 Å². The van der Waals surface area contributed by atoms with Gasteiger partial charge in [-0.05, 0) is 17.5 Å². The fraction of sp³-hybridized carbons (Fsp3) is 0.0909. The highest BCUT2D eigenvalue weighted by atomic mass is 35.5. The third-order valence-electron chi connectivity index (χ3n) is 2.07. The summed E-state index contributed by atoms with van der Waals surface area (Å²) in [7, 11) is 0. The van der Waals surface area contributed by atoms with Crippen molar-refractivity contribution < 1.29 is 4.79 Å². The molecular formula is C11H8ClNO. The number of aromatic nitrogens is 1. The molecule has 2 nitrogen and oxygen atoms in total. The zero-order valence-electron chi connectivity index (χ0n) is 7.62. The summed E-state index contributed by atoms with van der Waals surface area (Å²) in [5.41, 5.74) is 0.438. The maximum Gasteiger partial charge on any atom is 0.178 e. The second kappa shape index (κ2) is 3.39. The lowest BCUT2D eigenvalue weighted by Crippen LogP contribution is -1.97. The predicted octanol–water partition coefficient (Wildman–Crippen LogP) is 3.09. The highest BCUT2D eigenvalue weighted by molar-refractivity contribution is 6.36. The molecule has 0 fully saturated rings. The summed E-state index contributed by atoms with van der Waals surface area (Å²) < 4.78 is 0. The zero-order chi connectivity index (χ0) is 10.1. The monoisotopic (exact) mass is 205 g/mol. The molecule has 3 heteroatoms. The van der Waals surface area contributed by atoms with E-state index in [9.17, 15) is 4.79 Å². The minimum Gasteiger partial charge on any atom is -0.293 e. The van der Waals surface area contributed by atoms with Crippen LogP contribution in [0.3, 0.4) is 0 Å². The molecule has 0 aliphatic rings. The number of halogens is 1. The van der Waals surface area contributed by atoms with Gasteiger partial charge in [0.05, 0.1) is 5.02 Å². The van der Waals surface area contributed by atoms with Crippen molar-refractivity contribution in [2.75, 3.05) is 0 Å². The summed E-state index contributed by atoms with van der Waals surface area (Å²) in [6.07, 6.45) is 1.62. The van der Waals surface area contributed by atoms with E-state index < -0.39 is 0 Å². The smallest absolute Gasteiger partial charge is 0.178 e. The fourth-order valence-corrected chi connectivity index (χ4v) is 1.72. The minimum absolute atomic E-state index is 0.0660. The van der Waals surface area contributed by atoms with Crippen LogP contribution in [0.15, 0.2) is 30.5 Å². The van der Waals surface area contributed by atoms with Gasteiger partial charge in [-0.25, -0.2) is 0 Å². The first-order chi connectivity index (χ1) is 6.70. The van der Waals surface area contributed by atoms with Crippen molar-refractivity contribution >= 4 is 28.2 Å². The van der Waals surface area contributed by atoms with Gasteiger partial charge in [0.2, 0.25) is 0 Å². The third-order valence-corrected chi connectivity index (χ3v) is 2.39. The molecule has 0 unspecified atom stereocenters. The Bertz CT molecular complexity index is 502. The maximum absolute atomic E-state index is 11.3. The number of carbonyl (C=O) groups excluding carboxylic acids is 1. The number of nitrogens with zero attached hydrogens (tertiary/aromatic N) is 1. The maximum atomic E-state index is 11.3. The van der Waals surface area contributed by atoms with Gasteiger partial charge in [-0.2, -0.15) is 0 Å². The van der Waals surface area contributed by atoms with E-state index in [1.165, 1.54) is 6.92 Å². The average Bonchev–Trinajstić information content (AvgIpc) is 2.17. The van der Waals surface area contributed by atoms with Crippen LogP contribution in [0.5, 0.6) is 0 Å². The molecule has 0 atom stereocenters. The summed E-state index contributed by atoms with van der Waals surface area (Å²) in [6, 6.07) is 7.37. The Morgan fingerprint density at radius 1 is 1.36 bits per heavy atom. The highest BCUT2D eigenvalue weighted by Crippen LogP contribution is 2.25. The molecule has 70 valence electrons. The second-order valence-electron chi connectivity index (χ2n) is 3.05. The van der Waals surface area contributed by atoms with Crippen LogP contribution in [0, 0.1) is 0 Å². The van der Waals surface area contributed by atoms with Crippen LogP contribution in [0.2, 0.25) is 5.02 Å². The topological polar surface area (TPSA) is 30.0 Å². The molecule has 0 N–H and O–H groups in total. The first-order valence-electron chi connectivity index (χ1n) is 4.24. The lowest BCUT2D eigenvalue weighted by atomic mass is 10.1. The molecule has 0 amide bonds. The van der Waals surface area contributed by atoms with Gasteiger partial charge in [0.15, 0.2) is 5.78 Å². The van der Waals surface area contributed by atoms with Crippen molar-refractivity contribution in [2.24, 2.45) is 0 Å². The first-order valence-corrected chi connectivity index (χ1v) is 4.62. The van der Waals surface area contributed by atoms with Gasteiger partial charge >= 0.3 is 0 Å². The molecule has 2 aromatic rings. The van der Waals surface area contributed by atoms with Gasteiger partial charge in [0.25, 0.3) is 0 Å². The fourth-order valence-electron chi connectivity index (χ4n) is 1.45. The van der Waals surface area contributed by atoms with E-state index in [-0.39, 0.29) is 5.78 Å². The van der Waals surface area contributed by atoms with Crippen molar-refractivity contribution in [2.45, 2.75) is 6.92 Å². The van der Waals surface area contributed by atoms with Crippen LogP contribution in [0.4, 0.5) is 0 Å². The van der Waals surface area contributed by atoms with Gasteiger partial charge in [0.1, 0.15) is 5.69 Å². The van der Waals surface area contributed by atoms with Crippen LogP contribution < -0.4 is 0 Å². The Morgan fingerprint density at radius 3 is 2.86 bits per heavy atom. The lowest BCUT2D eigenvalue weighted by molar-refractivity contribution is 0.101. The Balaban J connectivity index is 2.91. The summed E-state index contributed by atoms with van der Waals surface area (Å²) in [5, 5.41) is 2.25. The number of rotatable bonds is 1. The lowest BCUT2D eigenvalue weighted by Gasteiger charge is -2.03. The number of pyridine rings is 1. The molecule has 1 aromatic carbocycles. The third kappa shape index (κ3) is 1.38. The first kappa shape index (κ1) is 9.16. The molecule has 0 saturated heterocycles. The zero-order valence-corrected chi connectivity index (χ0v) is 8.38. The Morgan fingerprint density at radius 2 is 2.14 bits per heavy atom. The van der Waals surface area contributed by atoms with Crippen molar-refractivity contribution in [1.82, 2.24) is 4.98 Å². The van der Waals surface area contributed by atoms with E-state index >= 15 is 0 Å². The molecule has 14 heavy (non-hydrogen) atoms. The number of hydrogen-bond acceptors (Lipinski definition) is 2. The number of Topliss-reactive ketones (excluding diaryl/α,β-unsaturated/α-hetero) is 1. The molecule has 0 radical (unpaired) electrons. The Labute approximate surface area is 86.5 Å². The Hall–Kier alpha value is -1.41. The summed E-state index contributed by atoms with van der Waals surface area (Å²) >= 11 is 6.01. The van der Waals surface area contributed by atoms with E-state index in [0.29, 0.717) is 10.7 Å². The number of ketones is 1. The van der Waals surface area contributed by atoms with E-state index in [2.05, 4.69) is 4.98 Å². The molecule has 2 rings (SSSR count). The standard InChI is InChI=1S/C11H8ClNO/c1-7(14)11-10-8(5-6-13-11)3-2-4-9(10)12/h2-6H,1H3. The van der Waals surface area contributed by atoms with E-state index in [1.54, 1.807) is 12.3 Å².